The van der Waals surface area contributed by atoms with Crippen molar-refractivity contribution in [3.63, 3.8) is 0 Å². The van der Waals surface area contributed by atoms with Crippen LogP contribution in [-0.2, 0) is 27.4 Å². The summed E-state index contributed by atoms with van der Waals surface area (Å²) >= 11 is 14.3. The van der Waals surface area contributed by atoms with Crippen LogP contribution >= 0.6 is 23.2 Å². The van der Waals surface area contributed by atoms with Gasteiger partial charge in [0.05, 0.1) is 40.6 Å². The van der Waals surface area contributed by atoms with E-state index in [0.29, 0.717) is 73.6 Å². The molecule has 3 N–H and O–H groups in total. The standard InChI is InChI=1S/C43H45Cl2N7O6/c1-42(2,3)58-41(56)51(24-27-13-15-35(53)49-27)23-26-12-14-33(50-39(26)57-5)32-11-7-10-31(38(32)45)30-9-6-8-29(37(30)44)25-16-19-52-34(20-25)48-28(21-36(52)54)22-47-43(17-18-43)40(55)46-4/h6-12,14,16,19-21,27,47H,13,15,17-18,22-24H2,1-5H3,(H,46,55)(H,49,53)/t27-/m0/s1. The number of carbonyl (C=O) groups excluding carboxylic acids is 3. The average molecular weight is 827 g/mol. The van der Waals surface area contributed by atoms with Crippen molar-refractivity contribution in [1.82, 2.24) is 35.2 Å². The SMILES string of the molecule is CNC(=O)C1(NCc2cc(=O)n3ccc(-c4cccc(-c5cccc(-c6ccc(CN(C[C@@H]7CCC(=O)N7)C(=O)OC(C)(C)C)c(OC)n6)c5Cl)c4Cl)cc3n2)CC1. The van der Waals surface area contributed by atoms with Gasteiger partial charge in [-0.2, -0.15) is 0 Å². The Hall–Kier alpha value is -5.50. The van der Waals surface area contributed by atoms with E-state index in [2.05, 4.69) is 16.0 Å². The number of nitrogens with one attached hydrogen (secondary N) is 3. The van der Waals surface area contributed by atoms with Gasteiger partial charge in [0.25, 0.3) is 5.56 Å². The second-order valence-electron chi connectivity index (χ2n) is 15.6. The zero-order valence-electron chi connectivity index (χ0n) is 32.9. The first-order valence-corrected chi connectivity index (χ1v) is 19.8. The number of hydrogen-bond donors (Lipinski definition) is 3. The van der Waals surface area contributed by atoms with Crippen LogP contribution in [0.2, 0.25) is 10.0 Å². The quantitative estimate of drug-likeness (QED) is 0.123. The van der Waals surface area contributed by atoms with E-state index < -0.39 is 17.2 Å². The number of amides is 3. The normalized spacial score (nSPS) is 15.8. The molecule has 15 heteroatoms. The minimum atomic E-state index is -0.713. The monoisotopic (exact) mass is 825 g/mol. The lowest BCUT2D eigenvalue weighted by Gasteiger charge is -2.29. The van der Waals surface area contributed by atoms with Gasteiger partial charge < -0.3 is 25.0 Å². The van der Waals surface area contributed by atoms with Crippen molar-refractivity contribution in [3.05, 3.63) is 105 Å². The molecule has 0 unspecified atom stereocenters. The van der Waals surface area contributed by atoms with Crippen LogP contribution in [0.3, 0.4) is 0 Å². The van der Waals surface area contributed by atoms with Crippen LogP contribution in [0.4, 0.5) is 4.79 Å². The Kier molecular flexibility index (Phi) is 11.5. The summed E-state index contributed by atoms with van der Waals surface area (Å²) in [5.74, 6) is 0.192. The van der Waals surface area contributed by atoms with Crippen LogP contribution in [0.5, 0.6) is 5.88 Å². The Morgan fingerprint density at radius 2 is 1.66 bits per heavy atom. The summed E-state index contributed by atoms with van der Waals surface area (Å²) in [6.45, 7) is 6.09. The number of hydrogen-bond acceptors (Lipinski definition) is 9. The Morgan fingerprint density at radius 3 is 2.29 bits per heavy atom. The molecule has 3 amide bonds. The summed E-state index contributed by atoms with van der Waals surface area (Å²) in [6, 6.07) is 19.9. The first-order valence-electron chi connectivity index (χ1n) is 19.1. The molecule has 1 aliphatic heterocycles. The van der Waals surface area contributed by atoms with Crippen molar-refractivity contribution >= 4 is 46.8 Å². The van der Waals surface area contributed by atoms with Gasteiger partial charge in [0.15, 0.2) is 0 Å². The predicted molar refractivity (Wildman–Crippen MR) is 223 cm³/mol. The van der Waals surface area contributed by atoms with E-state index in [0.717, 1.165) is 18.4 Å². The van der Waals surface area contributed by atoms with Crippen LogP contribution in [0, 0.1) is 0 Å². The maximum atomic E-state index is 13.3. The first-order chi connectivity index (χ1) is 27.7. The zero-order valence-corrected chi connectivity index (χ0v) is 34.5. The molecule has 1 aliphatic carbocycles. The van der Waals surface area contributed by atoms with Crippen molar-refractivity contribution in [3.8, 4) is 39.4 Å². The van der Waals surface area contributed by atoms with Gasteiger partial charge in [-0.1, -0.05) is 59.6 Å². The van der Waals surface area contributed by atoms with Gasteiger partial charge in [0.2, 0.25) is 17.7 Å². The summed E-state index contributed by atoms with van der Waals surface area (Å²) in [6.07, 6.45) is 3.64. The topological polar surface area (TPSA) is 156 Å². The number of carbonyl (C=O) groups is 3. The number of ether oxygens (including phenoxy) is 2. The van der Waals surface area contributed by atoms with Gasteiger partial charge in [-0.15, -0.1) is 0 Å². The lowest BCUT2D eigenvalue weighted by Crippen LogP contribution is -2.45. The summed E-state index contributed by atoms with van der Waals surface area (Å²) in [5, 5.41) is 9.77. The van der Waals surface area contributed by atoms with Crippen LogP contribution in [0.1, 0.15) is 57.7 Å². The summed E-state index contributed by atoms with van der Waals surface area (Å²) in [7, 11) is 3.12. The molecule has 4 heterocycles. The second kappa shape index (κ2) is 16.4. The summed E-state index contributed by atoms with van der Waals surface area (Å²) in [4.78, 5) is 61.7. The molecule has 7 rings (SSSR count). The van der Waals surface area contributed by atoms with E-state index in [-0.39, 0.29) is 43.0 Å². The molecule has 0 bridgehead atoms. The molecule has 58 heavy (non-hydrogen) atoms. The fraction of sp³-hybridized carbons (Fsp3) is 0.349. The molecule has 2 aliphatic rings. The summed E-state index contributed by atoms with van der Waals surface area (Å²) < 4.78 is 12.9. The van der Waals surface area contributed by atoms with Crippen LogP contribution in [-0.4, -0.2) is 75.1 Å². The van der Waals surface area contributed by atoms with Gasteiger partial charge in [-0.25, -0.2) is 14.8 Å². The third-order valence-corrected chi connectivity index (χ3v) is 11.1. The van der Waals surface area contributed by atoms with Crippen molar-refractivity contribution < 1.29 is 23.9 Å². The highest BCUT2D eigenvalue weighted by molar-refractivity contribution is 6.39. The third kappa shape index (κ3) is 8.66. The molecule has 0 spiro atoms. The van der Waals surface area contributed by atoms with E-state index >= 15 is 0 Å². The van der Waals surface area contributed by atoms with E-state index in [9.17, 15) is 19.2 Å². The zero-order chi connectivity index (χ0) is 41.4. The van der Waals surface area contributed by atoms with E-state index in [1.54, 1.807) is 38.9 Å². The Labute approximate surface area is 346 Å². The van der Waals surface area contributed by atoms with Gasteiger partial charge in [0, 0.05) is 72.7 Å². The van der Waals surface area contributed by atoms with Crippen molar-refractivity contribution in [2.45, 2.75) is 76.7 Å². The van der Waals surface area contributed by atoms with Gasteiger partial charge >= 0.3 is 6.09 Å². The van der Waals surface area contributed by atoms with Crippen LogP contribution < -0.4 is 26.2 Å². The third-order valence-electron chi connectivity index (χ3n) is 10.3. The highest BCUT2D eigenvalue weighted by atomic mass is 35.5. The number of fused-ring (bicyclic) bond motifs is 1. The number of methoxy groups -OCH3 is 1. The number of likely N-dealkylation sites (N-methyl/N-ethyl adjacent to an activating group) is 1. The largest absolute Gasteiger partial charge is 0.481 e. The maximum absolute atomic E-state index is 13.3. The van der Waals surface area contributed by atoms with Gasteiger partial charge in [-0.3, -0.25) is 24.1 Å². The van der Waals surface area contributed by atoms with Gasteiger partial charge in [-0.05, 0) is 69.9 Å². The fourth-order valence-electron chi connectivity index (χ4n) is 7.15. The molecule has 5 aromatic rings. The number of rotatable bonds is 12. The molecule has 2 aromatic carbocycles. The van der Waals surface area contributed by atoms with Gasteiger partial charge in [0.1, 0.15) is 11.2 Å². The predicted octanol–water partition coefficient (Wildman–Crippen LogP) is 6.79. The molecule has 0 radical (unpaired) electrons. The molecular formula is C43H45Cl2N7O6. The average Bonchev–Trinajstić information content (AvgIpc) is 3.88. The number of halogens is 2. The number of pyridine rings is 2. The fourth-order valence-corrected chi connectivity index (χ4v) is 7.81. The number of nitrogens with zero attached hydrogens (tertiary/aromatic N) is 4. The lowest BCUT2D eigenvalue weighted by molar-refractivity contribution is -0.123. The molecule has 3 aromatic heterocycles. The highest BCUT2D eigenvalue weighted by Gasteiger charge is 2.49. The second-order valence-corrected chi connectivity index (χ2v) is 16.4. The minimum Gasteiger partial charge on any atom is -0.481 e. The van der Waals surface area contributed by atoms with Crippen molar-refractivity contribution in [2.75, 3.05) is 20.7 Å². The Balaban J connectivity index is 1.16. The molecule has 2 fully saturated rings. The minimum absolute atomic E-state index is 0.0423. The smallest absolute Gasteiger partial charge is 0.410 e. The van der Waals surface area contributed by atoms with Crippen molar-refractivity contribution in [1.29, 1.82) is 0 Å². The Morgan fingerprint density at radius 1 is 0.966 bits per heavy atom. The first kappa shape index (κ1) is 40.7. The maximum Gasteiger partial charge on any atom is 0.410 e. The molecule has 1 atom stereocenters. The number of aromatic nitrogens is 3. The molecule has 302 valence electrons. The molecule has 1 saturated carbocycles. The molecule has 13 nitrogen and oxygen atoms in total. The lowest BCUT2D eigenvalue weighted by atomic mass is 9.97. The van der Waals surface area contributed by atoms with E-state index in [1.165, 1.54) is 17.6 Å². The number of benzene rings is 2. The van der Waals surface area contributed by atoms with Crippen LogP contribution in [0.25, 0.3) is 39.2 Å². The molecule has 1 saturated heterocycles. The van der Waals surface area contributed by atoms with Crippen LogP contribution in [0.15, 0.2) is 77.7 Å². The Bertz CT molecular complexity index is 2480. The molecular weight excluding hydrogens is 781 g/mol. The van der Waals surface area contributed by atoms with E-state index in [1.807, 2.05) is 60.7 Å². The van der Waals surface area contributed by atoms with Crippen molar-refractivity contribution in [2.24, 2.45) is 0 Å². The summed E-state index contributed by atoms with van der Waals surface area (Å²) in [5.41, 5.74) is 4.07. The van der Waals surface area contributed by atoms with E-state index in [4.69, 9.17) is 42.6 Å². The highest BCUT2D eigenvalue weighted by Crippen LogP contribution is 2.42.